The van der Waals surface area contributed by atoms with Gasteiger partial charge < -0.3 is 9.13 Å². The zero-order chi connectivity index (χ0) is 32.2. The van der Waals surface area contributed by atoms with Gasteiger partial charge in [-0.3, -0.25) is 29.6 Å². The lowest BCUT2D eigenvalue weighted by Crippen LogP contribution is -2.20. The van der Waals surface area contributed by atoms with Crippen molar-refractivity contribution < 1.29 is 9.59 Å². The lowest BCUT2D eigenvalue weighted by Gasteiger charge is -2.10. The van der Waals surface area contributed by atoms with Crippen LogP contribution in [0.1, 0.15) is 59.1 Å². The van der Waals surface area contributed by atoms with Crippen LogP contribution in [0.4, 0.5) is 11.9 Å². The van der Waals surface area contributed by atoms with Crippen LogP contribution in [0.2, 0.25) is 0 Å². The Labute approximate surface area is 266 Å². The molecule has 0 fully saturated rings. The summed E-state index contributed by atoms with van der Waals surface area (Å²) in [7, 11) is 0. The smallest absolute Gasteiger partial charge is 0.276 e. The zero-order valence-electron chi connectivity index (χ0n) is 26.6. The van der Waals surface area contributed by atoms with Crippen molar-refractivity contribution in [3.05, 3.63) is 95.6 Å². The molecule has 46 heavy (non-hydrogen) atoms. The quantitative estimate of drug-likeness (QED) is 0.162. The minimum atomic E-state index is -0.237. The number of para-hydroxylation sites is 4. The molecular weight excluding hydrogens is 580 g/mol. The van der Waals surface area contributed by atoms with Crippen LogP contribution in [0, 0.1) is 13.8 Å². The van der Waals surface area contributed by atoms with Crippen molar-refractivity contribution in [2.24, 2.45) is 0 Å². The first-order chi connectivity index (χ1) is 22.4. The molecule has 0 spiro atoms. The maximum absolute atomic E-state index is 13.2. The predicted octanol–water partition coefficient (Wildman–Crippen LogP) is 5.98. The van der Waals surface area contributed by atoms with Crippen molar-refractivity contribution in [1.29, 1.82) is 0 Å². The molecule has 236 valence electrons. The van der Waals surface area contributed by atoms with Crippen LogP contribution in [0.3, 0.4) is 0 Å². The maximum Gasteiger partial charge on any atom is 0.276 e. The average molecular weight is 619 g/mol. The highest BCUT2D eigenvalue weighted by Gasteiger charge is 2.19. The number of amides is 2. The highest BCUT2D eigenvalue weighted by Crippen LogP contribution is 2.23. The van der Waals surface area contributed by atoms with Gasteiger partial charge in [0.1, 0.15) is 11.4 Å². The molecule has 0 unspecified atom stereocenters. The van der Waals surface area contributed by atoms with Gasteiger partial charge >= 0.3 is 0 Å². The number of aryl methyl sites for hydroxylation is 6. The number of nitrogens with zero attached hydrogens (tertiary/aromatic N) is 8. The van der Waals surface area contributed by atoms with Crippen molar-refractivity contribution in [3.63, 3.8) is 0 Å². The molecular formula is C34H38N10O2. The third-order valence-corrected chi connectivity index (χ3v) is 7.83. The number of anilines is 2. The van der Waals surface area contributed by atoms with E-state index in [1.165, 1.54) is 0 Å². The van der Waals surface area contributed by atoms with Crippen LogP contribution in [0.15, 0.2) is 72.8 Å². The second kappa shape index (κ2) is 13.2. The third kappa shape index (κ3) is 6.19. The SMILES string of the molecule is CCn1nc(C)cc1C(=O)Nc1nc2ccccc2n1CC/C=C/CCn1c(NC(=O)c2cc(C)nn2CC)nc2ccccc21. The molecule has 0 aliphatic carbocycles. The van der Waals surface area contributed by atoms with E-state index >= 15 is 0 Å². The molecule has 6 rings (SSSR count). The van der Waals surface area contributed by atoms with Gasteiger partial charge in [-0.05, 0) is 76.9 Å². The Morgan fingerprint density at radius 3 is 1.50 bits per heavy atom. The molecule has 2 aromatic carbocycles. The second-order valence-electron chi connectivity index (χ2n) is 11.1. The summed E-state index contributed by atoms with van der Waals surface area (Å²) in [5.74, 6) is 0.538. The van der Waals surface area contributed by atoms with Crippen molar-refractivity contribution in [3.8, 4) is 0 Å². The van der Waals surface area contributed by atoms with Crippen LogP contribution in [0.5, 0.6) is 0 Å². The van der Waals surface area contributed by atoms with Gasteiger partial charge in [-0.25, -0.2) is 9.97 Å². The molecule has 4 heterocycles. The molecule has 12 nitrogen and oxygen atoms in total. The van der Waals surface area contributed by atoms with E-state index in [2.05, 4.69) is 33.0 Å². The molecule has 0 bridgehead atoms. The number of imidazole rings is 2. The molecule has 12 heteroatoms. The summed E-state index contributed by atoms with van der Waals surface area (Å²) in [6.45, 7) is 10.1. The predicted molar refractivity (Wildman–Crippen MR) is 179 cm³/mol. The molecule has 0 radical (unpaired) electrons. The number of hydrogen-bond donors (Lipinski definition) is 2. The minimum Gasteiger partial charge on any atom is -0.310 e. The van der Waals surface area contributed by atoms with Crippen LogP contribution >= 0.6 is 0 Å². The summed E-state index contributed by atoms with van der Waals surface area (Å²) in [4.78, 5) is 35.8. The van der Waals surface area contributed by atoms with E-state index in [1.807, 2.05) is 85.4 Å². The summed E-state index contributed by atoms with van der Waals surface area (Å²) >= 11 is 0. The molecule has 0 aliphatic heterocycles. The Kier molecular flexibility index (Phi) is 8.77. The fraction of sp³-hybridized carbons (Fsp3) is 0.294. The Balaban J connectivity index is 1.14. The normalized spacial score (nSPS) is 11.7. The van der Waals surface area contributed by atoms with E-state index in [0.717, 1.165) is 46.3 Å². The fourth-order valence-electron chi connectivity index (χ4n) is 5.71. The minimum absolute atomic E-state index is 0.237. The number of nitrogens with one attached hydrogen (secondary N) is 2. The van der Waals surface area contributed by atoms with Crippen LogP contribution in [-0.4, -0.2) is 50.5 Å². The van der Waals surface area contributed by atoms with E-state index in [4.69, 9.17) is 9.97 Å². The van der Waals surface area contributed by atoms with Gasteiger partial charge in [0.2, 0.25) is 11.9 Å². The Morgan fingerprint density at radius 2 is 1.09 bits per heavy atom. The first-order valence-electron chi connectivity index (χ1n) is 15.6. The van der Waals surface area contributed by atoms with Gasteiger partial charge in [0, 0.05) is 26.2 Å². The summed E-state index contributed by atoms with van der Waals surface area (Å²) < 4.78 is 7.47. The number of fused-ring (bicyclic) bond motifs is 2. The lowest BCUT2D eigenvalue weighted by molar-refractivity contribution is 0.100. The molecule has 2 amide bonds. The van der Waals surface area contributed by atoms with E-state index in [9.17, 15) is 9.59 Å². The van der Waals surface area contributed by atoms with Crippen LogP contribution < -0.4 is 10.6 Å². The van der Waals surface area contributed by atoms with Gasteiger partial charge in [0.25, 0.3) is 11.8 Å². The highest BCUT2D eigenvalue weighted by atomic mass is 16.2. The topological polar surface area (TPSA) is 129 Å². The van der Waals surface area contributed by atoms with E-state index in [0.29, 0.717) is 49.5 Å². The molecule has 4 aromatic heterocycles. The van der Waals surface area contributed by atoms with Crippen molar-refractivity contribution in [2.75, 3.05) is 10.6 Å². The zero-order valence-corrected chi connectivity index (χ0v) is 26.6. The van der Waals surface area contributed by atoms with Crippen LogP contribution in [-0.2, 0) is 26.2 Å². The van der Waals surface area contributed by atoms with E-state index < -0.39 is 0 Å². The Bertz CT molecular complexity index is 1910. The standard InChI is InChI=1S/C34H38N10O2/c1-5-43-29(21-23(3)39-43)31(45)37-33-35-25-15-9-11-17-27(25)41(33)19-13-7-8-14-20-42-28-18-12-10-16-26(28)36-34(42)38-32(46)30-22-24(4)40-44(30)6-2/h7-12,15-18,21-22H,5-6,13-14,19-20H2,1-4H3,(H,35,37,45)(H,36,38,46)/b8-7+. The summed E-state index contributed by atoms with van der Waals surface area (Å²) in [6.07, 6.45) is 5.75. The molecule has 0 saturated carbocycles. The van der Waals surface area contributed by atoms with E-state index in [1.54, 1.807) is 21.5 Å². The lowest BCUT2D eigenvalue weighted by atomic mass is 10.3. The van der Waals surface area contributed by atoms with Gasteiger partial charge in [0.15, 0.2) is 0 Å². The summed E-state index contributed by atoms with van der Waals surface area (Å²) in [6, 6.07) is 19.3. The molecule has 2 N–H and O–H groups in total. The number of hydrogen-bond acceptors (Lipinski definition) is 6. The molecule has 0 saturated heterocycles. The second-order valence-corrected chi connectivity index (χ2v) is 11.1. The number of carbonyl (C=O) groups excluding carboxylic acids is 2. The first-order valence-corrected chi connectivity index (χ1v) is 15.6. The average Bonchev–Trinajstić information content (AvgIpc) is 3.81. The number of rotatable bonds is 12. The van der Waals surface area contributed by atoms with Gasteiger partial charge in [-0.2, -0.15) is 10.2 Å². The van der Waals surface area contributed by atoms with Gasteiger partial charge in [0.05, 0.1) is 33.5 Å². The summed E-state index contributed by atoms with van der Waals surface area (Å²) in [5.41, 5.74) is 6.15. The van der Waals surface area contributed by atoms with E-state index in [-0.39, 0.29) is 11.8 Å². The number of aromatic nitrogens is 8. The molecule has 6 aromatic rings. The van der Waals surface area contributed by atoms with Crippen molar-refractivity contribution in [1.82, 2.24) is 38.7 Å². The maximum atomic E-state index is 13.2. The summed E-state index contributed by atoms with van der Waals surface area (Å²) in [5, 5.41) is 14.8. The molecule has 0 aliphatic rings. The number of allylic oxidation sites excluding steroid dienone is 2. The van der Waals surface area contributed by atoms with Gasteiger partial charge in [-0.15, -0.1) is 0 Å². The van der Waals surface area contributed by atoms with Gasteiger partial charge in [-0.1, -0.05) is 36.4 Å². The molecule has 0 atom stereocenters. The first kappa shape index (κ1) is 30.5. The Hall–Kier alpha value is -5.52. The van der Waals surface area contributed by atoms with Crippen molar-refractivity contribution in [2.45, 2.75) is 66.7 Å². The van der Waals surface area contributed by atoms with Crippen LogP contribution in [0.25, 0.3) is 22.1 Å². The monoisotopic (exact) mass is 618 g/mol. The highest BCUT2D eigenvalue weighted by molar-refractivity contribution is 6.03. The largest absolute Gasteiger partial charge is 0.310 e. The van der Waals surface area contributed by atoms with Crippen molar-refractivity contribution >= 4 is 45.8 Å². The number of benzene rings is 2. The third-order valence-electron chi connectivity index (χ3n) is 7.83. The number of carbonyl (C=O) groups is 2. The Morgan fingerprint density at radius 1 is 0.674 bits per heavy atom. The fourth-order valence-corrected chi connectivity index (χ4v) is 5.71.